The van der Waals surface area contributed by atoms with Gasteiger partial charge in [-0.1, -0.05) is 0 Å². The van der Waals surface area contributed by atoms with E-state index >= 15 is 0 Å². The van der Waals surface area contributed by atoms with Gasteiger partial charge in [0, 0.05) is 13.1 Å². The maximum atomic E-state index is 12.4. The largest absolute Gasteiger partial charge is 0.497 e. The third-order valence-corrected chi connectivity index (χ3v) is 2.94. The molecule has 2 rings (SSSR count). The first-order valence-corrected chi connectivity index (χ1v) is 5.85. The number of hydrogen-bond donors (Lipinski definition) is 0. The minimum Gasteiger partial charge on any atom is -0.497 e. The van der Waals surface area contributed by atoms with Crippen LogP contribution in [0.3, 0.4) is 0 Å². The molecule has 5 nitrogen and oxygen atoms in total. The van der Waals surface area contributed by atoms with Gasteiger partial charge >= 0.3 is 0 Å². The first kappa shape index (κ1) is 12.7. The van der Waals surface area contributed by atoms with Crippen LogP contribution in [0, 0.1) is 0 Å². The van der Waals surface area contributed by atoms with Crippen LogP contribution in [-0.4, -0.2) is 51.3 Å². The number of methoxy groups -OCH3 is 2. The molecule has 0 radical (unpaired) electrons. The molecule has 1 amide bonds. The molecule has 1 aliphatic rings. The van der Waals surface area contributed by atoms with Gasteiger partial charge in [0.15, 0.2) is 0 Å². The van der Waals surface area contributed by atoms with Crippen LogP contribution in [0.4, 0.5) is 0 Å². The molecule has 1 fully saturated rings. The van der Waals surface area contributed by atoms with E-state index in [0.29, 0.717) is 43.4 Å². The molecule has 1 saturated heterocycles. The van der Waals surface area contributed by atoms with Gasteiger partial charge in [-0.3, -0.25) is 4.79 Å². The average molecular weight is 251 g/mol. The highest BCUT2D eigenvalue weighted by Gasteiger charge is 2.22. The van der Waals surface area contributed by atoms with Gasteiger partial charge in [-0.25, -0.2) is 0 Å². The molecule has 18 heavy (non-hydrogen) atoms. The SMILES string of the molecule is COc1ccc(OC)c(C(=O)N2CCOCC2)c1. The van der Waals surface area contributed by atoms with Crippen LogP contribution in [0.25, 0.3) is 0 Å². The number of hydrogen-bond acceptors (Lipinski definition) is 4. The minimum atomic E-state index is -0.0472. The summed E-state index contributed by atoms with van der Waals surface area (Å²) in [5.74, 6) is 1.16. The van der Waals surface area contributed by atoms with E-state index in [1.165, 1.54) is 0 Å². The first-order chi connectivity index (χ1) is 8.76. The number of carbonyl (C=O) groups is 1. The topological polar surface area (TPSA) is 48.0 Å². The number of nitrogens with zero attached hydrogens (tertiary/aromatic N) is 1. The predicted octanol–water partition coefficient (Wildman–Crippen LogP) is 1.18. The van der Waals surface area contributed by atoms with Crippen molar-refractivity contribution in [1.82, 2.24) is 4.90 Å². The molecule has 5 heteroatoms. The fourth-order valence-corrected chi connectivity index (χ4v) is 1.92. The second-order valence-electron chi connectivity index (χ2n) is 3.97. The maximum Gasteiger partial charge on any atom is 0.257 e. The summed E-state index contributed by atoms with van der Waals surface area (Å²) in [4.78, 5) is 14.1. The molecule has 1 aliphatic heterocycles. The highest BCUT2D eigenvalue weighted by molar-refractivity contribution is 5.97. The monoisotopic (exact) mass is 251 g/mol. The van der Waals surface area contributed by atoms with Gasteiger partial charge in [0.25, 0.3) is 5.91 Å². The van der Waals surface area contributed by atoms with Gasteiger partial charge in [-0.2, -0.15) is 0 Å². The molecule has 0 atom stereocenters. The van der Waals surface area contributed by atoms with E-state index in [2.05, 4.69) is 0 Å². The Bertz CT molecular complexity index is 427. The summed E-state index contributed by atoms with van der Waals surface area (Å²) in [6, 6.07) is 5.22. The standard InChI is InChI=1S/C13H17NO4/c1-16-10-3-4-12(17-2)11(9-10)13(15)14-5-7-18-8-6-14/h3-4,9H,5-8H2,1-2H3. The summed E-state index contributed by atoms with van der Waals surface area (Å²) in [6.07, 6.45) is 0. The van der Waals surface area contributed by atoms with Crippen LogP contribution in [0.15, 0.2) is 18.2 Å². The van der Waals surface area contributed by atoms with Crippen LogP contribution in [0.5, 0.6) is 11.5 Å². The second-order valence-corrected chi connectivity index (χ2v) is 3.97. The molecule has 0 aliphatic carbocycles. The number of morpholine rings is 1. The molecule has 0 bridgehead atoms. The van der Waals surface area contributed by atoms with Crippen LogP contribution in [-0.2, 0) is 4.74 Å². The molecule has 0 aromatic heterocycles. The fraction of sp³-hybridized carbons (Fsp3) is 0.462. The minimum absolute atomic E-state index is 0.0472. The van der Waals surface area contributed by atoms with Gasteiger partial charge in [0.1, 0.15) is 11.5 Å². The molecule has 0 spiro atoms. The van der Waals surface area contributed by atoms with E-state index in [-0.39, 0.29) is 5.91 Å². The third kappa shape index (κ3) is 2.56. The maximum absolute atomic E-state index is 12.4. The number of amides is 1. The third-order valence-electron chi connectivity index (χ3n) is 2.94. The summed E-state index contributed by atoms with van der Waals surface area (Å²) >= 11 is 0. The molecular weight excluding hydrogens is 234 g/mol. The van der Waals surface area contributed by atoms with E-state index in [1.807, 2.05) is 0 Å². The summed E-state index contributed by atoms with van der Waals surface area (Å²) in [5, 5.41) is 0. The second kappa shape index (κ2) is 5.73. The van der Waals surface area contributed by atoms with E-state index < -0.39 is 0 Å². The molecule has 0 saturated carbocycles. The van der Waals surface area contributed by atoms with Gasteiger partial charge in [0.2, 0.25) is 0 Å². The van der Waals surface area contributed by atoms with Crippen molar-refractivity contribution in [1.29, 1.82) is 0 Å². The lowest BCUT2D eigenvalue weighted by Crippen LogP contribution is -2.40. The first-order valence-electron chi connectivity index (χ1n) is 5.85. The zero-order valence-corrected chi connectivity index (χ0v) is 10.6. The van der Waals surface area contributed by atoms with Crippen molar-refractivity contribution >= 4 is 5.91 Å². The molecule has 0 N–H and O–H groups in total. The molecule has 1 aromatic rings. The van der Waals surface area contributed by atoms with Crippen molar-refractivity contribution < 1.29 is 19.0 Å². The molecule has 1 heterocycles. The Morgan fingerprint density at radius 1 is 1.22 bits per heavy atom. The number of rotatable bonds is 3. The normalized spacial score (nSPS) is 15.3. The molecule has 0 unspecified atom stereocenters. The predicted molar refractivity (Wildman–Crippen MR) is 66.3 cm³/mol. The molecule has 98 valence electrons. The van der Waals surface area contributed by atoms with E-state index in [1.54, 1.807) is 37.3 Å². The smallest absolute Gasteiger partial charge is 0.257 e. The van der Waals surface area contributed by atoms with Crippen molar-refractivity contribution in [3.05, 3.63) is 23.8 Å². The van der Waals surface area contributed by atoms with Crippen LogP contribution >= 0.6 is 0 Å². The number of carbonyl (C=O) groups excluding carboxylic acids is 1. The van der Waals surface area contributed by atoms with Gasteiger partial charge in [-0.05, 0) is 18.2 Å². The van der Waals surface area contributed by atoms with E-state index in [4.69, 9.17) is 14.2 Å². The summed E-state index contributed by atoms with van der Waals surface area (Å²) < 4.78 is 15.6. The van der Waals surface area contributed by atoms with Crippen molar-refractivity contribution in [2.75, 3.05) is 40.5 Å². The van der Waals surface area contributed by atoms with Crippen LogP contribution in [0.1, 0.15) is 10.4 Å². The number of ether oxygens (including phenoxy) is 3. The van der Waals surface area contributed by atoms with Crippen LogP contribution < -0.4 is 9.47 Å². The highest BCUT2D eigenvalue weighted by atomic mass is 16.5. The summed E-state index contributed by atoms with van der Waals surface area (Å²) in [6.45, 7) is 2.38. The van der Waals surface area contributed by atoms with Crippen molar-refractivity contribution in [2.45, 2.75) is 0 Å². The Morgan fingerprint density at radius 2 is 1.94 bits per heavy atom. The summed E-state index contributed by atoms with van der Waals surface area (Å²) in [7, 11) is 3.13. The molecule has 1 aromatic carbocycles. The highest BCUT2D eigenvalue weighted by Crippen LogP contribution is 2.25. The average Bonchev–Trinajstić information content (AvgIpc) is 2.46. The van der Waals surface area contributed by atoms with E-state index in [0.717, 1.165) is 0 Å². The van der Waals surface area contributed by atoms with Gasteiger partial charge in [0.05, 0.1) is 33.0 Å². The Labute approximate surface area is 106 Å². The Morgan fingerprint density at radius 3 is 2.56 bits per heavy atom. The Balaban J connectivity index is 2.26. The van der Waals surface area contributed by atoms with E-state index in [9.17, 15) is 4.79 Å². The quantitative estimate of drug-likeness (QED) is 0.809. The number of benzene rings is 1. The van der Waals surface area contributed by atoms with Gasteiger partial charge in [-0.15, -0.1) is 0 Å². The van der Waals surface area contributed by atoms with Gasteiger partial charge < -0.3 is 19.1 Å². The zero-order chi connectivity index (χ0) is 13.0. The summed E-state index contributed by atoms with van der Waals surface area (Å²) in [5.41, 5.74) is 0.527. The Hall–Kier alpha value is -1.75. The van der Waals surface area contributed by atoms with Crippen molar-refractivity contribution in [2.24, 2.45) is 0 Å². The molecular formula is C13H17NO4. The van der Waals surface area contributed by atoms with Crippen molar-refractivity contribution in [3.8, 4) is 11.5 Å². The van der Waals surface area contributed by atoms with Crippen LogP contribution in [0.2, 0.25) is 0 Å². The van der Waals surface area contributed by atoms with Crippen molar-refractivity contribution in [3.63, 3.8) is 0 Å². The lowest BCUT2D eigenvalue weighted by molar-refractivity contribution is 0.0300. The lowest BCUT2D eigenvalue weighted by atomic mass is 10.1. The lowest BCUT2D eigenvalue weighted by Gasteiger charge is -2.27. The fourth-order valence-electron chi connectivity index (χ4n) is 1.92. The zero-order valence-electron chi connectivity index (χ0n) is 10.6. The Kier molecular flexibility index (Phi) is 4.04.